The Balaban J connectivity index is 3.22. The Hall–Kier alpha value is -3.86. The van der Waals surface area contributed by atoms with Crippen LogP contribution in [0.25, 0.3) is 0 Å². The van der Waals surface area contributed by atoms with E-state index in [4.69, 9.17) is 17.2 Å². The van der Waals surface area contributed by atoms with Gasteiger partial charge >= 0.3 is 5.97 Å². The van der Waals surface area contributed by atoms with Crippen LogP contribution in [0.2, 0.25) is 0 Å². The Morgan fingerprint density at radius 3 is 1.67 bits per heavy atom. The van der Waals surface area contributed by atoms with Gasteiger partial charge in [-0.25, -0.2) is 4.79 Å². The van der Waals surface area contributed by atoms with Crippen molar-refractivity contribution in [1.29, 1.82) is 0 Å². The number of carbonyl (C=O) groups is 6. The Labute approximate surface area is 292 Å². The maximum Gasteiger partial charge on any atom is 0.326 e. The van der Waals surface area contributed by atoms with Crippen molar-refractivity contribution in [2.45, 2.75) is 115 Å². The van der Waals surface area contributed by atoms with E-state index in [1.807, 2.05) is 19.2 Å². The van der Waals surface area contributed by atoms with E-state index in [1.54, 1.807) is 12.1 Å². The summed E-state index contributed by atoms with van der Waals surface area (Å²) in [6, 6.07) is -2.81. The number of aliphatic carboxylic acids is 1. The molecule has 0 aliphatic heterocycles. The van der Waals surface area contributed by atoms with Gasteiger partial charge < -0.3 is 48.9 Å². The molecule has 15 nitrogen and oxygen atoms in total. The molecular formula is C33H56N8O7S. The van der Waals surface area contributed by atoms with Crippen LogP contribution in [-0.4, -0.2) is 90.0 Å². The monoisotopic (exact) mass is 708 g/mol. The first kappa shape index (κ1) is 43.2. The van der Waals surface area contributed by atoms with Gasteiger partial charge in [-0.05, 0) is 88.7 Å². The number of rotatable bonds is 25. The minimum Gasteiger partial charge on any atom is -0.480 e. The molecule has 1 heterocycles. The molecule has 49 heavy (non-hydrogen) atoms. The lowest BCUT2D eigenvalue weighted by atomic mass is 10.0. The summed E-state index contributed by atoms with van der Waals surface area (Å²) in [6.07, 6.45) is 4.41. The van der Waals surface area contributed by atoms with Crippen LogP contribution >= 0.6 is 11.3 Å². The second-order valence-electron chi connectivity index (χ2n) is 12.4. The molecule has 0 fully saturated rings. The number of unbranched alkanes of at least 4 members (excludes halogenated alkanes) is 2. The minimum atomic E-state index is -1.19. The van der Waals surface area contributed by atoms with Crippen LogP contribution < -0.4 is 43.8 Å². The van der Waals surface area contributed by atoms with Crippen molar-refractivity contribution in [2.75, 3.05) is 13.1 Å². The van der Waals surface area contributed by atoms with Crippen molar-refractivity contribution in [3.05, 3.63) is 35.0 Å². The van der Waals surface area contributed by atoms with Gasteiger partial charge in [0.1, 0.15) is 30.2 Å². The SMILES string of the molecule is C=CC[C@H](NC(=O)[C@H](CCCCN)NC(=O)[C@H](CCCCN)NC(=O)[C@H](C)N)C(=O)N[C@@H](Cc1cccs1)C(=O)N[C@@H](CC(C)C)C(=O)O. The molecule has 1 aromatic rings. The summed E-state index contributed by atoms with van der Waals surface area (Å²) in [7, 11) is 0. The fourth-order valence-electron chi connectivity index (χ4n) is 4.85. The van der Waals surface area contributed by atoms with Crippen LogP contribution in [-0.2, 0) is 35.2 Å². The lowest BCUT2D eigenvalue weighted by Crippen LogP contribution is -2.59. The van der Waals surface area contributed by atoms with E-state index in [1.165, 1.54) is 24.3 Å². The molecule has 5 amide bonds. The fraction of sp³-hybridized carbons (Fsp3) is 0.636. The second-order valence-corrected chi connectivity index (χ2v) is 13.5. The predicted octanol–water partition coefficient (Wildman–Crippen LogP) is 0.0266. The molecule has 0 radical (unpaired) electrons. The summed E-state index contributed by atoms with van der Waals surface area (Å²) < 4.78 is 0. The molecule has 6 atom stereocenters. The molecule has 12 N–H and O–H groups in total. The standard InChI is InChI=1S/C33H56N8O7S/c1-5-11-23(29(43)40-26(19-22-12-10-17-49-22)32(46)41-27(33(47)48)18-20(2)3)38-31(45)25(14-7-9-16-35)39-30(44)24(13-6-8-15-34)37-28(42)21(4)36/h5,10,12,17,20-21,23-27H,1,6-9,11,13-16,18-19,34-36H2,2-4H3,(H,37,42)(H,38,45)(H,39,44)(H,40,43)(H,41,46)(H,47,48)/t21-,23-,24-,25-,26-,27-/m0/s1. The summed E-state index contributed by atoms with van der Waals surface area (Å²) in [5, 5.41) is 24.7. The van der Waals surface area contributed by atoms with Gasteiger partial charge in [-0.2, -0.15) is 0 Å². The first-order chi connectivity index (χ1) is 23.2. The van der Waals surface area contributed by atoms with E-state index < -0.39 is 71.8 Å². The van der Waals surface area contributed by atoms with E-state index >= 15 is 0 Å². The van der Waals surface area contributed by atoms with Gasteiger partial charge in [0.25, 0.3) is 0 Å². The molecule has 0 saturated heterocycles. The number of thiophene rings is 1. The van der Waals surface area contributed by atoms with Gasteiger partial charge in [0.2, 0.25) is 29.5 Å². The van der Waals surface area contributed by atoms with Crippen LogP contribution in [0.4, 0.5) is 0 Å². The van der Waals surface area contributed by atoms with Gasteiger partial charge in [-0.3, -0.25) is 24.0 Å². The normalized spacial score (nSPS) is 14.8. The number of amides is 5. The molecule has 1 aromatic heterocycles. The number of carbonyl (C=O) groups excluding carboxylic acids is 5. The van der Waals surface area contributed by atoms with Crippen LogP contribution in [0.15, 0.2) is 30.2 Å². The zero-order chi connectivity index (χ0) is 36.9. The highest BCUT2D eigenvalue weighted by atomic mass is 32.1. The summed E-state index contributed by atoms with van der Waals surface area (Å²) >= 11 is 1.37. The molecule has 0 aliphatic carbocycles. The van der Waals surface area contributed by atoms with Gasteiger partial charge in [0.05, 0.1) is 6.04 Å². The van der Waals surface area contributed by atoms with E-state index in [9.17, 15) is 33.9 Å². The van der Waals surface area contributed by atoms with Crippen LogP contribution in [0.3, 0.4) is 0 Å². The first-order valence-corrected chi connectivity index (χ1v) is 17.7. The van der Waals surface area contributed by atoms with Crippen molar-refractivity contribution in [2.24, 2.45) is 23.1 Å². The van der Waals surface area contributed by atoms with E-state index in [0.29, 0.717) is 38.8 Å². The van der Waals surface area contributed by atoms with Crippen molar-refractivity contribution < 1.29 is 33.9 Å². The average molecular weight is 709 g/mol. The quantitative estimate of drug-likeness (QED) is 0.0486. The topological polar surface area (TPSA) is 261 Å². The van der Waals surface area contributed by atoms with Gasteiger partial charge in [-0.15, -0.1) is 17.9 Å². The number of hydrogen-bond donors (Lipinski definition) is 9. The first-order valence-electron chi connectivity index (χ1n) is 16.8. The lowest BCUT2D eigenvalue weighted by molar-refractivity contribution is -0.142. The number of nitrogens with one attached hydrogen (secondary N) is 5. The van der Waals surface area contributed by atoms with Gasteiger partial charge in [0.15, 0.2) is 0 Å². The molecular weight excluding hydrogens is 652 g/mol. The third kappa shape index (κ3) is 16.9. The van der Waals surface area contributed by atoms with Crippen molar-refractivity contribution in [1.82, 2.24) is 26.6 Å². The third-order valence-corrected chi connectivity index (χ3v) is 8.45. The van der Waals surface area contributed by atoms with Crippen LogP contribution in [0.5, 0.6) is 0 Å². The highest BCUT2D eigenvalue weighted by Gasteiger charge is 2.32. The molecule has 0 bridgehead atoms. The van der Waals surface area contributed by atoms with Crippen LogP contribution in [0, 0.1) is 5.92 Å². The van der Waals surface area contributed by atoms with Crippen molar-refractivity contribution >= 4 is 46.8 Å². The maximum atomic E-state index is 13.6. The number of hydrogen-bond acceptors (Lipinski definition) is 10. The lowest BCUT2D eigenvalue weighted by Gasteiger charge is -2.27. The Morgan fingerprint density at radius 2 is 1.22 bits per heavy atom. The summed E-state index contributed by atoms with van der Waals surface area (Å²) in [4.78, 5) is 79.0. The molecule has 1 rings (SSSR count). The number of nitrogens with two attached hydrogens (primary N) is 3. The zero-order valence-electron chi connectivity index (χ0n) is 28.9. The Morgan fingerprint density at radius 1 is 0.755 bits per heavy atom. The third-order valence-electron chi connectivity index (χ3n) is 7.55. The molecule has 0 saturated carbocycles. The fourth-order valence-corrected chi connectivity index (χ4v) is 5.60. The highest BCUT2D eigenvalue weighted by Crippen LogP contribution is 2.13. The van der Waals surface area contributed by atoms with E-state index in [0.717, 1.165) is 4.88 Å². The molecule has 0 unspecified atom stereocenters. The Kier molecular flexibility index (Phi) is 20.7. The zero-order valence-corrected chi connectivity index (χ0v) is 29.7. The molecule has 276 valence electrons. The largest absolute Gasteiger partial charge is 0.480 e. The molecule has 16 heteroatoms. The smallest absolute Gasteiger partial charge is 0.326 e. The van der Waals surface area contributed by atoms with Crippen LogP contribution in [0.1, 0.15) is 77.0 Å². The van der Waals surface area contributed by atoms with Crippen molar-refractivity contribution in [3.8, 4) is 0 Å². The maximum absolute atomic E-state index is 13.6. The predicted molar refractivity (Wildman–Crippen MR) is 189 cm³/mol. The van der Waals surface area contributed by atoms with Gasteiger partial charge in [0, 0.05) is 11.3 Å². The summed E-state index contributed by atoms with van der Waals surface area (Å²) in [5.41, 5.74) is 16.9. The molecule has 0 aromatic carbocycles. The summed E-state index contributed by atoms with van der Waals surface area (Å²) in [6.45, 7) is 9.61. The molecule has 0 spiro atoms. The molecule has 0 aliphatic rings. The van der Waals surface area contributed by atoms with E-state index in [-0.39, 0.29) is 38.0 Å². The van der Waals surface area contributed by atoms with Gasteiger partial charge in [-0.1, -0.05) is 26.0 Å². The Bertz CT molecular complexity index is 1210. The highest BCUT2D eigenvalue weighted by molar-refractivity contribution is 7.09. The average Bonchev–Trinajstić information content (AvgIpc) is 3.55. The van der Waals surface area contributed by atoms with Crippen molar-refractivity contribution in [3.63, 3.8) is 0 Å². The minimum absolute atomic E-state index is 0.00829. The summed E-state index contributed by atoms with van der Waals surface area (Å²) in [5.74, 6) is -4.36. The second kappa shape index (κ2) is 23.5. The number of carboxylic acid groups (broad SMARTS) is 1. The van der Waals surface area contributed by atoms with E-state index in [2.05, 4.69) is 33.2 Å². The number of carboxylic acids is 1.